The summed E-state index contributed by atoms with van der Waals surface area (Å²) in [4.78, 5) is 32.6. The number of fused-ring (bicyclic) bond motifs is 1. The number of carbonyl (C=O) groups excluding carboxylic acids is 2. The molecule has 1 atom stereocenters. The number of ether oxygens (including phenoxy) is 3. The van der Waals surface area contributed by atoms with Crippen LogP contribution in [0.15, 0.2) is 79.0 Å². The minimum Gasteiger partial charge on any atom is -0.497 e. The third-order valence-electron chi connectivity index (χ3n) is 8.74. The molecule has 3 aromatic carbocycles. The number of benzene rings is 3. The number of hydrogen-bond acceptors (Lipinski definition) is 8. The van der Waals surface area contributed by atoms with Crippen LogP contribution in [0.5, 0.6) is 17.2 Å². The summed E-state index contributed by atoms with van der Waals surface area (Å²) in [5, 5.41) is 12.3. The summed E-state index contributed by atoms with van der Waals surface area (Å²) in [7, 11) is 1.64. The molecule has 1 aliphatic heterocycles. The average molecular weight is 691 g/mol. The number of hydrogen-bond donors (Lipinski definition) is 2. The Kier molecular flexibility index (Phi) is 10.2. The first-order valence-electron chi connectivity index (χ1n) is 17.3. The molecule has 6 rings (SSSR count). The molecule has 0 radical (unpaired) electrons. The molecule has 3 heterocycles. The second-order valence-corrected chi connectivity index (χ2v) is 14.2. The van der Waals surface area contributed by atoms with Gasteiger partial charge in [0.05, 0.1) is 13.7 Å². The van der Waals surface area contributed by atoms with Gasteiger partial charge in [0, 0.05) is 42.6 Å². The second kappa shape index (κ2) is 14.7. The molecule has 5 aromatic rings. The van der Waals surface area contributed by atoms with Crippen molar-refractivity contribution in [2.45, 2.75) is 72.1 Å². The molecule has 1 aliphatic rings. The molecule has 0 unspecified atom stereocenters. The molecule has 51 heavy (non-hydrogen) atoms. The zero-order valence-corrected chi connectivity index (χ0v) is 30.3. The Balaban J connectivity index is 1.27. The molecule has 0 aliphatic carbocycles. The van der Waals surface area contributed by atoms with Gasteiger partial charge in [-0.15, -0.1) is 0 Å². The molecule has 2 aromatic heterocycles. The number of nitrogens with one attached hydrogen (secondary N) is 2. The van der Waals surface area contributed by atoms with Crippen LogP contribution in [0.4, 0.5) is 16.3 Å². The molecule has 0 bridgehead atoms. The Morgan fingerprint density at radius 3 is 2.49 bits per heavy atom. The maximum absolute atomic E-state index is 13.3. The van der Waals surface area contributed by atoms with Crippen molar-refractivity contribution in [2.24, 2.45) is 0 Å². The van der Waals surface area contributed by atoms with Crippen molar-refractivity contribution in [3.63, 3.8) is 0 Å². The van der Waals surface area contributed by atoms with Crippen LogP contribution in [-0.2, 0) is 11.3 Å². The van der Waals surface area contributed by atoms with Crippen LogP contribution >= 0.6 is 0 Å². The standard InChI is InChI=1S/C40H46N6O5/c1-25(2)33-16-13-29(21-26(33)3)43-38(47)28-9-8-10-32(22-28)50-34-17-19-41-37-35(34)36(44-46(37)23-27-11-14-31(49-7)15-12-27)42-30-18-20-45(24-30)39(48)51-40(4,5)6/h8-17,19,21-22,25,30H,18,20,23-24H2,1-7H3,(H,42,44)(H,43,47)/t30-/m1/s1. The highest BCUT2D eigenvalue weighted by atomic mass is 16.6. The highest BCUT2D eigenvalue weighted by molar-refractivity contribution is 6.04. The van der Waals surface area contributed by atoms with E-state index in [4.69, 9.17) is 24.3 Å². The summed E-state index contributed by atoms with van der Waals surface area (Å²) in [5.41, 5.74) is 4.65. The number of carbonyl (C=O) groups is 2. The predicted molar refractivity (Wildman–Crippen MR) is 199 cm³/mol. The third kappa shape index (κ3) is 8.42. The minimum atomic E-state index is -0.576. The van der Waals surface area contributed by atoms with Crippen molar-refractivity contribution in [2.75, 3.05) is 30.8 Å². The van der Waals surface area contributed by atoms with E-state index in [0.717, 1.165) is 29.0 Å². The summed E-state index contributed by atoms with van der Waals surface area (Å²) >= 11 is 0. The van der Waals surface area contributed by atoms with Crippen LogP contribution in [0.3, 0.4) is 0 Å². The number of rotatable bonds is 10. The van der Waals surface area contributed by atoms with Gasteiger partial charge < -0.3 is 29.7 Å². The molecule has 1 fully saturated rings. The van der Waals surface area contributed by atoms with E-state index in [-0.39, 0.29) is 18.0 Å². The monoisotopic (exact) mass is 690 g/mol. The lowest BCUT2D eigenvalue weighted by Crippen LogP contribution is -2.36. The van der Waals surface area contributed by atoms with Gasteiger partial charge in [0.15, 0.2) is 11.5 Å². The Bertz CT molecular complexity index is 2030. The van der Waals surface area contributed by atoms with E-state index >= 15 is 0 Å². The van der Waals surface area contributed by atoms with Gasteiger partial charge in [0.1, 0.15) is 28.2 Å². The smallest absolute Gasteiger partial charge is 0.410 e. The lowest BCUT2D eigenvalue weighted by molar-refractivity contribution is 0.0293. The molecular weight excluding hydrogens is 644 g/mol. The van der Waals surface area contributed by atoms with Crippen LogP contribution in [0.25, 0.3) is 11.0 Å². The summed E-state index contributed by atoms with van der Waals surface area (Å²) < 4.78 is 19.3. The van der Waals surface area contributed by atoms with Gasteiger partial charge in [-0.2, -0.15) is 5.10 Å². The number of anilines is 2. The SMILES string of the molecule is COc1ccc(Cn2nc(N[C@@H]3CCN(C(=O)OC(C)(C)C)C3)c3c(Oc4cccc(C(=O)Nc5ccc(C(C)C)c(C)c5)c4)ccnc32)cc1. The lowest BCUT2D eigenvalue weighted by Gasteiger charge is -2.24. The van der Waals surface area contributed by atoms with Gasteiger partial charge in [-0.1, -0.05) is 38.1 Å². The normalized spacial score (nSPS) is 14.5. The van der Waals surface area contributed by atoms with E-state index in [1.807, 2.05) is 67.9 Å². The summed E-state index contributed by atoms with van der Waals surface area (Å²) in [6.45, 7) is 13.4. The maximum atomic E-state index is 13.3. The quantitative estimate of drug-likeness (QED) is 0.150. The van der Waals surface area contributed by atoms with Crippen LogP contribution in [-0.4, -0.2) is 63.5 Å². The number of aromatic nitrogens is 3. The fourth-order valence-corrected chi connectivity index (χ4v) is 6.27. The van der Waals surface area contributed by atoms with Crippen LogP contribution < -0.4 is 20.1 Å². The van der Waals surface area contributed by atoms with Crippen molar-refractivity contribution in [1.29, 1.82) is 0 Å². The first-order valence-corrected chi connectivity index (χ1v) is 17.3. The van der Waals surface area contributed by atoms with Crippen LogP contribution in [0.1, 0.15) is 74.0 Å². The Morgan fingerprint density at radius 1 is 1.00 bits per heavy atom. The number of amides is 2. The van der Waals surface area contributed by atoms with Crippen molar-refractivity contribution in [3.8, 4) is 17.2 Å². The van der Waals surface area contributed by atoms with Gasteiger partial charge in [-0.3, -0.25) is 4.79 Å². The number of aryl methyl sites for hydroxylation is 1. The number of methoxy groups -OCH3 is 1. The van der Waals surface area contributed by atoms with E-state index in [1.165, 1.54) is 5.56 Å². The molecule has 2 amide bonds. The van der Waals surface area contributed by atoms with Gasteiger partial charge in [-0.25, -0.2) is 14.5 Å². The van der Waals surface area contributed by atoms with Gasteiger partial charge in [0.2, 0.25) is 0 Å². The molecular formula is C40H46N6O5. The van der Waals surface area contributed by atoms with E-state index < -0.39 is 5.60 Å². The van der Waals surface area contributed by atoms with Gasteiger partial charge in [0.25, 0.3) is 5.91 Å². The highest BCUT2D eigenvalue weighted by Crippen LogP contribution is 2.36. The van der Waals surface area contributed by atoms with Crippen LogP contribution in [0.2, 0.25) is 0 Å². The summed E-state index contributed by atoms with van der Waals surface area (Å²) in [6.07, 6.45) is 2.08. The molecule has 11 nitrogen and oxygen atoms in total. The summed E-state index contributed by atoms with van der Waals surface area (Å²) in [6, 6.07) is 22.6. The first-order chi connectivity index (χ1) is 24.4. The van der Waals surface area contributed by atoms with E-state index in [2.05, 4.69) is 37.5 Å². The largest absolute Gasteiger partial charge is 0.497 e. The van der Waals surface area contributed by atoms with Crippen molar-refractivity contribution >= 4 is 34.5 Å². The highest BCUT2D eigenvalue weighted by Gasteiger charge is 2.31. The topological polar surface area (TPSA) is 120 Å². The maximum Gasteiger partial charge on any atom is 0.410 e. The Hall–Kier alpha value is -5.58. The zero-order chi connectivity index (χ0) is 36.3. The minimum absolute atomic E-state index is 0.0663. The van der Waals surface area contributed by atoms with Gasteiger partial charge in [-0.05, 0) is 99.2 Å². The fraction of sp³-hybridized carbons (Fsp3) is 0.350. The number of nitrogens with zero attached hydrogens (tertiary/aromatic N) is 4. The molecule has 0 spiro atoms. The number of likely N-dealkylation sites (tertiary alicyclic amines) is 1. The molecule has 0 saturated carbocycles. The van der Waals surface area contributed by atoms with E-state index in [0.29, 0.717) is 59.5 Å². The molecule has 2 N–H and O–H groups in total. The molecule has 11 heteroatoms. The molecule has 266 valence electrons. The Morgan fingerprint density at radius 2 is 1.78 bits per heavy atom. The van der Waals surface area contributed by atoms with Crippen LogP contribution in [0, 0.1) is 6.92 Å². The fourth-order valence-electron chi connectivity index (χ4n) is 6.27. The Labute approximate surface area is 298 Å². The van der Waals surface area contributed by atoms with E-state index in [9.17, 15) is 9.59 Å². The summed E-state index contributed by atoms with van der Waals surface area (Å²) in [5.74, 6) is 2.55. The average Bonchev–Trinajstić information content (AvgIpc) is 3.70. The number of pyridine rings is 1. The first kappa shape index (κ1) is 35.3. The van der Waals surface area contributed by atoms with Crippen molar-refractivity contribution in [1.82, 2.24) is 19.7 Å². The van der Waals surface area contributed by atoms with Crippen molar-refractivity contribution < 1.29 is 23.8 Å². The van der Waals surface area contributed by atoms with E-state index in [1.54, 1.807) is 42.5 Å². The zero-order valence-electron chi connectivity index (χ0n) is 30.3. The third-order valence-corrected chi connectivity index (χ3v) is 8.74. The predicted octanol–water partition coefficient (Wildman–Crippen LogP) is 8.39. The lowest BCUT2D eigenvalue weighted by atomic mass is 9.97. The van der Waals surface area contributed by atoms with Crippen molar-refractivity contribution in [3.05, 3.63) is 101 Å². The van der Waals surface area contributed by atoms with Gasteiger partial charge >= 0.3 is 6.09 Å². The molecule has 1 saturated heterocycles. The second-order valence-electron chi connectivity index (χ2n) is 14.2.